The van der Waals surface area contributed by atoms with Crippen molar-refractivity contribution < 1.29 is 9.31 Å². The fourth-order valence-electron chi connectivity index (χ4n) is 1.53. The number of hydrogen-bond acceptors (Lipinski definition) is 4. The third-order valence-corrected chi connectivity index (χ3v) is 2.72. The fraction of sp³-hybridized carbons (Fsp3) is 0.0833. The summed E-state index contributed by atoms with van der Waals surface area (Å²) in [6, 6.07) is 7.41. The number of aromatic nitrogens is 1. The van der Waals surface area contributed by atoms with Gasteiger partial charge in [0.2, 0.25) is 0 Å². The van der Waals surface area contributed by atoms with Gasteiger partial charge in [-0.3, -0.25) is 0 Å². The summed E-state index contributed by atoms with van der Waals surface area (Å²) in [4.78, 5) is 13.9. The molecule has 0 radical (unpaired) electrons. The second-order valence-electron chi connectivity index (χ2n) is 3.73. The van der Waals surface area contributed by atoms with Crippen molar-refractivity contribution in [2.24, 2.45) is 0 Å². The number of nitrogens with one attached hydrogen (secondary N) is 1. The van der Waals surface area contributed by atoms with E-state index in [0.29, 0.717) is 11.3 Å². The molecule has 0 bridgehead atoms. The van der Waals surface area contributed by atoms with Crippen LogP contribution < -0.4 is 5.32 Å². The molecule has 0 spiro atoms. The molecule has 2 aromatic rings. The van der Waals surface area contributed by atoms with E-state index in [2.05, 4.69) is 10.3 Å². The van der Waals surface area contributed by atoms with Crippen molar-refractivity contribution in [3.63, 3.8) is 0 Å². The minimum absolute atomic E-state index is 0.0139. The zero-order valence-corrected chi connectivity index (χ0v) is 10.4. The van der Waals surface area contributed by atoms with E-state index in [-0.39, 0.29) is 17.4 Å². The third-order valence-electron chi connectivity index (χ3n) is 2.43. The predicted molar refractivity (Wildman–Crippen MR) is 69.6 cm³/mol. The highest BCUT2D eigenvalue weighted by Crippen LogP contribution is 2.22. The van der Waals surface area contributed by atoms with E-state index in [1.54, 1.807) is 18.2 Å². The Labute approximate surface area is 113 Å². The Bertz CT molecular complexity index is 622. The molecule has 7 heteroatoms. The second kappa shape index (κ2) is 5.62. The zero-order chi connectivity index (χ0) is 13.8. The molecule has 0 fully saturated rings. The predicted octanol–water partition coefficient (Wildman–Crippen LogP) is 3.39. The zero-order valence-electron chi connectivity index (χ0n) is 9.64. The van der Waals surface area contributed by atoms with E-state index < -0.39 is 10.7 Å². The molecule has 0 aliphatic heterocycles. The minimum atomic E-state index is -0.569. The van der Waals surface area contributed by atoms with E-state index >= 15 is 0 Å². The molecule has 1 aromatic heterocycles. The molecule has 0 saturated heterocycles. The first-order valence-corrected chi connectivity index (χ1v) is 5.73. The van der Waals surface area contributed by atoms with Crippen LogP contribution in [0.15, 0.2) is 36.5 Å². The summed E-state index contributed by atoms with van der Waals surface area (Å²) in [5.41, 5.74) is 1.01. The number of hydrogen-bond donors (Lipinski definition) is 1. The molecule has 1 aromatic carbocycles. The smallest absolute Gasteiger partial charge is 0.374 e. The molecule has 2 rings (SSSR count). The van der Waals surface area contributed by atoms with Gasteiger partial charge in [-0.15, -0.1) is 0 Å². The molecule has 0 saturated carbocycles. The first-order chi connectivity index (χ1) is 9.08. The number of pyridine rings is 1. The van der Waals surface area contributed by atoms with E-state index in [4.69, 9.17) is 11.6 Å². The lowest BCUT2D eigenvalue weighted by Gasteiger charge is -2.07. The van der Waals surface area contributed by atoms with Gasteiger partial charge in [0.25, 0.3) is 0 Å². The standard InChI is InChI=1S/C12H9ClFN3O2/c13-9-6-8(3-4-10(9)14)7-16-11-2-1-5-15-12(11)17(18)19/h1-6,16H,7H2. The van der Waals surface area contributed by atoms with E-state index in [1.165, 1.54) is 18.3 Å². The molecule has 0 atom stereocenters. The Kier molecular flexibility index (Phi) is 3.91. The SMILES string of the molecule is O=[N+]([O-])c1ncccc1NCc1ccc(F)c(Cl)c1. The largest absolute Gasteiger partial charge is 0.386 e. The van der Waals surface area contributed by atoms with Crippen LogP contribution in [0.5, 0.6) is 0 Å². The average Bonchev–Trinajstić information content (AvgIpc) is 2.40. The van der Waals surface area contributed by atoms with E-state index in [0.717, 1.165) is 0 Å². The summed E-state index contributed by atoms with van der Waals surface area (Å²) in [7, 11) is 0. The second-order valence-corrected chi connectivity index (χ2v) is 4.14. The number of benzene rings is 1. The average molecular weight is 282 g/mol. The van der Waals surface area contributed by atoms with Gasteiger partial charge in [0.15, 0.2) is 0 Å². The molecular weight excluding hydrogens is 273 g/mol. The highest BCUT2D eigenvalue weighted by atomic mass is 35.5. The summed E-state index contributed by atoms with van der Waals surface area (Å²) in [5, 5.41) is 13.7. The maximum absolute atomic E-state index is 13.0. The Morgan fingerprint density at radius 1 is 1.42 bits per heavy atom. The van der Waals surface area contributed by atoms with Gasteiger partial charge in [0.1, 0.15) is 17.7 Å². The molecule has 19 heavy (non-hydrogen) atoms. The van der Waals surface area contributed by atoms with Crippen molar-refractivity contribution >= 4 is 23.1 Å². The van der Waals surface area contributed by atoms with Crippen molar-refractivity contribution in [1.82, 2.24) is 4.98 Å². The Morgan fingerprint density at radius 3 is 2.89 bits per heavy atom. The van der Waals surface area contributed by atoms with Crippen LogP contribution >= 0.6 is 11.6 Å². The monoisotopic (exact) mass is 281 g/mol. The van der Waals surface area contributed by atoms with Gasteiger partial charge in [-0.05, 0) is 39.7 Å². The van der Waals surface area contributed by atoms with Gasteiger partial charge in [0, 0.05) is 6.54 Å². The van der Waals surface area contributed by atoms with Crippen LogP contribution in [-0.2, 0) is 6.54 Å². The van der Waals surface area contributed by atoms with Gasteiger partial charge in [-0.25, -0.2) is 4.39 Å². The maximum Gasteiger partial charge on any atom is 0.386 e. The van der Waals surface area contributed by atoms with Crippen molar-refractivity contribution in [1.29, 1.82) is 0 Å². The lowest BCUT2D eigenvalue weighted by atomic mass is 10.2. The van der Waals surface area contributed by atoms with Crippen LogP contribution in [0.2, 0.25) is 5.02 Å². The minimum Gasteiger partial charge on any atom is -0.374 e. The maximum atomic E-state index is 13.0. The van der Waals surface area contributed by atoms with E-state index in [1.807, 2.05) is 0 Å². The van der Waals surface area contributed by atoms with Crippen molar-refractivity contribution in [2.75, 3.05) is 5.32 Å². The highest BCUT2D eigenvalue weighted by Gasteiger charge is 2.13. The van der Waals surface area contributed by atoms with Crippen LogP contribution in [0.1, 0.15) is 5.56 Å². The molecule has 1 heterocycles. The van der Waals surface area contributed by atoms with Crippen LogP contribution in [-0.4, -0.2) is 9.91 Å². The summed E-state index contributed by atoms with van der Waals surface area (Å²) in [6.45, 7) is 0.284. The van der Waals surface area contributed by atoms with Crippen molar-refractivity contribution in [3.05, 3.63) is 63.0 Å². The highest BCUT2D eigenvalue weighted by molar-refractivity contribution is 6.30. The van der Waals surface area contributed by atoms with E-state index in [9.17, 15) is 14.5 Å². The van der Waals surface area contributed by atoms with Crippen molar-refractivity contribution in [3.8, 4) is 0 Å². The number of rotatable bonds is 4. The van der Waals surface area contributed by atoms with Gasteiger partial charge in [-0.1, -0.05) is 17.7 Å². The molecular formula is C12H9ClFN3O2. The van der Waals surface area contributed by atoms with Gasteiger partial charge < -0.3 is 15.4 Å². The van der Waals surface area contributed by atoms with Crippen molar-refractivity contribution in [2.45, 2.75) is 6.54 Å². The summed E-state index contributed by atoms with van der Waals surface area (Å²) < 4.78 is 13.0. The molecule has 0 unspecified atom stereocenters. The van der Waals surface area contributed by atoms with Crippen LogP contribution in [0, 0.1) is 15.9 Å². The molecule has 0 aliphatic rings. The first kappa shape index (κ1) is 13.2. The Hall–Kier alpha value is -2.21. The Balaban J connectivity index is 2.14. The number of nitro groups is 1. The van der Waals surface area contributed by atoms with Gasteiger partial charge in [-0.2, -0.15) is 0 Å². The third kappa shape index (κ3) is 3.17. The van der Waals surface area contributed by atoms with Gasteiger partial charge >= 0.3 is 5.82 Å². The molecule has 0 amide bonds. The molecule has 5 nitrogen and oxygen atoms in total. The number of nitrogens with zero attached hydrogens (tertiary/aromatic N) is 2. The summed E-state index contributed by atoms with van der Waals surface area (Å²) >= 11 is 5.65. The van der Waals surface area contributed by atoms with Crippen LogP contribution in [0.25, 0.3) is 0 Å². The lowest BCUT2D eigenvalue weighted by molar-refractivity contribution is -0.388. The number of anilines is 1. The van der Waals surface area contributed by atoms with Crippen LogP contribution in [0.3, 0.4) is 0 Å². The summed E-state index contributed by atoms with van der Waals surface area (Å²) in [6.07, 6.45) is 1.35. The topological polar surface area (TPSA) is 68.1 Å². The molecule has 0 aliphatic carbocycles. The lowest BCUT2D eigenvalue weighted by Crippen LogP contribution is -2.04. The molecule has 1 N–H and O–H groups in total. The fourth-order valence-corrected chi connectivity index (χ4v) is 1.73. The summed E-state index contributed by atoms with van der Waals surface area (Å²) in [5.74, 6) is -0.756. The quantitative estimate of drug-likeness (QED) is 0.689. The number of halogens is 2. The first-order valence-electron chi connectivity index (χ1n) is 5.35. The molecule has 98 valence electrons. The Morgan fingerprint density at radius 2 is 2.21 bits per heavy atom. The normalized spacial score (nSPS) is 10.2. The van der Waals surface area contributed by atoms with Crippen LogP contribution in [0.4, 0.5) is 15.9 Å². The van der Waals surface area contributed by atoms with Gasteiger partial charge in [0.05, 0.1) is 5.02 Å².